The van der Waals surface area contributed by atoms with Gasteiger partial charge in [0, 0.05) is 12.8 Å². The summed E-state index contributed by atoms with van der Waals surface area (Å²) in [7, 11) is 0. The Morgan fingerprint density at radius 2 is 2.08 bits per heavy atom. The van der Waals surface area contributed by atoms with Gasteiger partial charge in [0.2, 0.25) is 0 Å². The van der Waals surface area contributed by atoms with Gasteiger partial charge in [-0.25, -0.2) is 4.79 Å². The van der Waals surface area contributed by atoms with Crippen molar-refractivity contribution in [3.63, 3.8) is 0 Å². The van der Waals surface area contributed by atoms with Gasteiger partial charge in [-0.3, -0.25) is 4.79 Å². The smallest absolute Gasteiger partial charge is 0.343 e. The molecule has 2 aromatic rings. The zero-order valence-corrected chi connectivity index (χ0v) is 13.7. The van der Waals surface area contributed by atoms with Crippen LogP contribution < -0.4 is 10.4 Å². The van der Waals surface area contributed by atoms with E-state index in [0.29, 0.717) is 17.6 Å². The minimum Gasteiger partial charge on any atom is -0.506 e. The van der Waals surface area contributed by atoms with Crippen molar-refractivity contribution in [2.75, 3.05) is 6.61 Å². The lowest BCUT2D eigenvalue weighted by molar-refractivity contribution is -0.137. The molecule has 0 aliphatic carbocycles. The van der Waals surface area contributed by atoms with Gasteiger partial charge in [-0.1, -0.05) is 17.7 Å². The summed E-state index contributed by atoms with van der Waals surface area (Å²) in [5.74, 6) is -0.695. The Bertz CT molecular complexity index is 827. The molecule has 24 heavy (non-hydrogen) atoms. The second kappa shape index (κ2) is 7.68. The Morgan fingerprint density at radius 1 is 1.33 bits per heavy atom. The Morgan fingerprint density at radius 3 is 2.75 bits per heavy atom. The van der Waals surface area contributed by atoms with Gasteiger partial charge in [-0.05, 0) is 32.4 Å². The van der Waals surface area contributed by atoms with Crippen LogP contribution >= 0.6 is 0 Å². The SMILES string of the molecule is CC(C)=CCc1c(O)c2c(OCCCC(=O)O)cccc2oc1=O. The van der Waals surface area contributed by atoms with E-state index in [1.807, 2.05) is 19.9 Å². The van der Waals surface area contributed by atoms with E-state index >= 15 is 0 Å². The summed E-state index contributed by atoms with van der Waals surface area (Å²) in [6.07, 6.45) is 2.43. The molecule has 0 atom stereocenters. The highest BCUT2D eigenvalue weighted by Gasteiger charge is 2.16. The van der Waals surface area contributed by atoms with Crippen LogP contribution in [0.25, 0.3) is 11.0 Å². The highest BCUT2D eigenvalue weighted by molar-refractivity contribution is 5.90. The van der Waals surface area contributed by atoms with E-state index in [2.05, 4.69) is 0 Å². The minimum atomic E-state index is -0.894. The van der Waals surface area contributed by atoms with Gasteiger partial charge in [-0.15, -0.1) is 0 Å². The van der Waals surface area contributed by atoms with Crippen molar-refractivity contribution >= 4 is 16.9 Å². The predicted octanol–water partition coefficient (Wildman–Crippen LogP) is 3.25. The van der Waals surface area contributed by atoms with Gasteiger partial charge >= 0.3 is 11.6 Å². The molecule has 1 heterocycles. The third kappa shape index (κ3) is 4.16. The van der Waals surface area contributed by atoms with Crippen LogP contribution in [0.15, 0.2) is 39.1 Å². The van der Waals surface area contributed by atoms with E-state index in [9.17, 15) is 14.7 Å². The van der Waals surface area contributed by atoms with E-state index in [4.69, 9.17) is 14.3 Å². The summed E-state index contributed by atoms with van der Waals surface area (Å²) >= 11 is 0. The first-order valence-corrected chi connectivity index (χ1v) is 7.65. The van der Waals surface area contributed by atoms with Crippen LogP contribution in [-0.2, 0) is 11.2 Å². The molecular weight excluding hydrogens is 312 g/mol. The Kier molecular flexibility index (Phi) is 5.63. The molecule has 0 aliphatic heterocycles. The molecule has 0 aliphatic rings. The average molecular weight is 332 g/mol. The fourth-order valence-electron chi connectivity index (χ4n) is 2.25. The van der Waals surface area contributed by atoms with Crippen molar-refractivity contribution in [3.05, 3.63) is 45.8 Å². The van der Waals surface area contributed by atoms with Gasteiger partial charge in [0.15, 0.2) is 0 Å². The van der Waals surface area contributed by atoms with Crippen LogP contribution in [-0.4, -0.2) is 22.8 Å². The topological polar surface area (TPSA) is 97.0 Å². The molecule has 1 aromatic carbocycles. The predicted molar refractivity (Wildman–Crippen MR) is 89.6 cm³/mol. The quantitative estimate of drug-likeness (QED) is 0.459. The fraction of sp³-hybridized carbons (Fsp3) is 0.333. The first-order chi connectivity index (χ1) is 11.4. The summed E-state index contributed by atoms with van der Waals surface area (Å²) in [6.45, 7) is 3.99. The van der Waals surface area contributed by atoms with Crippen LogP contribution in [0.1, 0.15) is 32.3 Å². The van der Waals surface area contributed by atoms with Crippen molar-refractivity contribution in [1.29, 1.82) is 0 Å². The number of ether oxygens (including phenoxy) is 1. The molecule has 128 valence electrons. The summed E-state index contributed by atoms with van der Waals surface area (Å²) in [5.41, 5.74) is 0.840. The van der Waals surface area contributed by atoms with E-state index in [1.165, 1.54) is 0 Å². The van der Waals surface area contributed by atoms with Gasteiger partial charge in [0.1, 0.15) is 22.5 Å². The molecule has 6 heteroatoms. The van der Waals surface area contributed by atoms with Crippen molar-refractivity contribution < 1.29 is 24.2 Å². The molecule has 6 nitrogen and oxygen atoms in total. The molecule has 0 saturated carbocycles. The number of fused-ring (bicyclic) bond motifs is 1. The number of aromatic hydroxyl groups is 1. The third-order valence-electron chi connectivity index (χ3n) is 3.47. The van der Waals surface area contributed by atoms with Crippen molar-refractivity contribution in [2.24, 2.45) is 0 Å². The van der Waals surface area contributed by atoms with Crippen LogP contribution in [0, 0.1) is 0 Å². The van der Waals surface area contributed by atoms with E-state index < -0.39 is 11.6 Å². The van der Waals surface area contributed by atoms with E-state index in [0.717, 1.165) is 5.57 Å². The highest BCUT2D eigenvalue weighted by atomic mass is 16.5. The lowest BCUT2D eigenvalue weighted by atomic mass is 10.1. The zero-order chi connectivity index (χ0) is 17.7. The average Bonchev–Trinajstić information content (AvgIpc) is 2.50. The summed E-state index contributed by atoms with van der Waals surface area (Å²) in [4.78, 5) is 22.6. The number of benzene rings is 1. The molecule has 0 amide bonds. The highest BCUT2D eigenvalue weighted by Crippen LogP contribution is 2.34. The van der Waals surface area contributed by atoms with Gasteiger partial charge in [0.25, 0.3) is 0 Å². The number of aliphatic carboxylic acids is 1. The van der Waals surface area contributed by atoms with E-state index in [-0.39, 0.29) is 36.3 Å². The van der Waals surface area contributed by atoms with E-state index in [1.54, 1.807) is 18.2 Å². The summed E-state index contributed by atoms with van der Waals surface area (Å²) < 4.78 is 10.8. The molecule has 2 N–H and O–H groups in total. The number of allylic oxidation sites excluding steroid dienone is 2. The lowest BCUT2D eigenvalue weighted by Crippen LogP contribution is -2.08. The number of carboxylic acid groups (broad SMARTS) is 1. The molecule has 0 bridgehead atoms. The molecule has 0 saturated heterocycles. The Balaban J connectivity index is 2.38. The maximum Gasteiger partial charge on any atom is 0.343 e. The molecule has 0 fully saturated rings. The van der Waals surface area contributed by atoms with Gasteiger partial charge in [0.05, 0.1) is 12.2 Å². The number of hydrogen-bond donors (Lipinski definition) is 2. The van der Waals surface area contributed by atoms with Crippen LogP contribution in [0.5, 0.6) is 11.5 Å². The first kappa shape index (κ1) is 17.6. The molecule has 0 radical (unpaired) electrons. The van der Waals surface area contributed by atoms with Gasteiger partial charge in [-0.2, -0.15) is 0 Å². The lowest BCUT2D eigenvalue weighted by Gasteiger charge is -2.11. The largest absolute Gasteiger partial charge is 0.506 e. The normalized spacial score (nSPS) is 10.6. The van der Waals surface area contributed by atoms with Crippen molar-refractivity contribution in [2.45, 2.75) is 33.1 Å². The van der Waals surface area contributed by atoms with Gasteiger partial charge < -0.3 is 19.4 Å². The fourth-order valence-corrected chi connectivity index (χ4v) is 2.25. The number of carbonyl (C=O) groups is 1. The first-order valence-electron chi connectivity index (χ1n) is 7.65. The summed E-state index contributed by atoms with van der Waals surface area (Å²) in [5, 5.41) is 19.5. The molecule has 0 spiro atoms. The van der Waals surface area contributed by atoms with Crippen LogP contribution in [0.4, 0.5) is 0 Å². The van der Waals surface area contributed by atoms with Crippen LogP contribution in [0.3, 0.4) is 0 Å². The molecule has 0 unspecified atom stereocenters. The molecule has 2 rings (SSSR count). The number of carboxylic acids is 1. The second-order valence-electron chi connectivity index (χ2n) is 5.68. The second-order valence-corrected chi connectivity index (χ2v) is 5.68. The monoisotopic (exact) mass is 332 g/mol. The zero-order valence-electron chi connectivity index (χ0n) is 13.7. The maximum absolute atomic E-state index is 12.1. The molecule has 1 aromatic heterocycles. The Hall–Kier alpha value is -2.76. The summed E-state index contributed by atoms with van der Waals surface area (Å²) in [6, 6.07) is 4.87. The minimum absolute atomic E-state index is 0.00233. The number of rotatable bonds is 7. The van der Waals surface area contributed by atoms with Crippen molar-refractivity contribution in [1.82, 2.24) is 0 Å². The molecular formula is C18H20O6. The van der Waals surface area contributed by atoms with Crippen LogP contribution in [0.2, 0.25) is 0 Å². The standard InChI is InChI=1S/C18H20O6/c1-11(2)8-9-12-17(21)16-13(23-10-4-7-15(19)20)5-3-6-14(16)24-18(12)22/h3,5-6,8,21H,4,7,9-10H2,1-2H3,(H,19,20). The third-order valence-corrected chi connectivity index (χ3v) is 3.47. The maximum atomic E-state index is 12.1. The number of hydrogen-bond acceptors (Lipinski definition) is 5. The van der Waals surface area contributed by atoms with Crippen molar-refractivity contribution in [3.8, 4) is 11.5 Å². The Labute approximate surface area is 139 Å².